The van der Waals surface area contributed by atoms with Crippen molar-refractivity contribution in [3.63, 3.8) is 0 Å². The van der Waals surface area contributed by atoms with E-state index in [0.717, 1.165) is 19.5 Å². The van der Waals surface area contributed by atoms with E-state index in [0.29, 0.717) is 6.04 Å². The fraction of sp³-hybridized carbons (Fsp3) is 0.600. The number of nitrogens with zero attached hydrogens (tertiary/aromatic N) is 1. The number of benzene rings is 1. The third-order valence-corrected chi connectivity index (χ3v) is 6.04. The predicted octanol–water partition coefficient (Wildman–Crippen LogP) is 2.12. The van der Waals surface area contributed by atoms with E-state index in [1.54, 1.807) is 0 Å². The van der Waals surface area contributed by atoms with Crippen LogP contribution in [0.5, 0.6) is 0 Å². The fourth-order valence-electron chi connectivity index (χ4n) is 3.39. The molecule has 0 spiro atoms. The van der Waals surface area contributed by atoms with Crippen LogP contribution in [0.15, 0.2) is 29.2 Å². The highest BCUT2D eigenvalue weighted by Crippen LogP contribution is 2.27. The van der Waals surface area contributed by atoms with Gasteiger partial charge in [0.2, 0.25) is 10.0 Å². The highest BCUT2D eigenvalue weighted by atomic mass is 32.2. The monoisotopic (exact) mass is 312 g/mol. The maximum Gasteiger partial charge on any atom is 0.240 e. The summed E-state index contributed by atoms with van der Waals surface area (Å²) in [6, 6.07) is 5.55. The van der Waals surface area contributed by atoms with Crippen molar-refractivity contribution in [3.8, 4) is 0 Å². The molecule has 6 heteroatoms. The van der Waals surface area contributed by atoms with Gasteiger partial charge in [0.1, 0.15) is 5.82 Å². The van der Waals surface area contributed by atoms with E-state index < -0.39 is 15.8 Å². The molecular formula is C15H21FN2O2S. The molecule has 0 unspecified atom stereocenters. The maximum atomic E-state index is 12.9. The summed E-state index contributed by atoms with van der Waals surface area (Å²) in [7, 11) is -3.55. The SMILES string of the molecule is O=S(=O)(N[C@H]1CCN(C2CCCC2)C1)c1ccc(F)cc1. The second-order valence-electron chi connectivity index (χ2n) is 5.99. The Kier molecular flexibility index (Phi) is 4.28. The summed E-state index contributed by atoms with van der Waals surface area (Å²) in [5.74, 6) is -0.428. The van der Waals surface area contributed by atoms with Gasteiger partial charge in [0, 0.05) is 25.2 Å². The number of hydrogen-bond acceptors (Lipinski definition) is 3. The van der Waals surface area contributed by atoms with Gasteiger partial charge in [0.15, 0.2) is 0 Å². The van der Waals surface area contributed by atoms with Gasteiger partial charge in [-0.2, -0.15) is 0 Å². The largest absolute Gasteiger partial charge is 0.299 e. The van der Waals surface area contributed by atoms with Gasteiger partial charge in [-0.3, -0.25) is 4.90 Å². The molecule has 1 aliphatic heterocycles. The molecule has 2 aliphatic rings. The average molecular weight is 312 g/mol. The van der Waals surface area contributed by atoms with Crippen LogP contribution in [0, 0.1) is 5.82 Å². The van der Waals surface area contributed by atoms with Crippen LogP contribution in [-0.4, -0.2) is 38.5 Å². The van der Waals surface area contributed by atoms with Crippen LogP contribution in [0.3, 0.4) is 0 Å². The zero-order valence-corrected chi connectivity index (χ0v) is 12.8. The molecule has 3 rings (SSSR count). The summed E-state index contributed by atoms with van der Waals surface area (Å²) in [5, 5.41) is 0. The van der Waals surface area contributed by atoms with Crippen molar-refractivity contribution in [3.05, 3.63) is 30.1 Å². The van der Waals surface area contributed by atoms with E-state index in [4.69, 9.17) is 0 Å². The van der Waals surface area contributed by atoms with Crippen molar-refractivity contribution in [2.24, 2.45) is 0 Å². The minimum Gasteiger partial charge on any atom is -0.299 e. The van der Waals surface area contributed by atoms with E-state index >= 15 is 0 Å². The van der Waals surface area contributed by atoms with E-state index in [1.807, 2.05) is 0 Å². The smallest absolute Gasteiger partial charge is 0.240 e. The quantitative estimate of drug-likeness (QED) is 0.926. The van der Waals surface area contributed by atoms with Crippen molar-refractivity contribution >= 4 is 10.0 Å². The topological polar surface area (TPSA) is 49.4 Å². The fourth-order valence-corrected chi connectivity index (χ4v) is 4.65. The molecule has 1 saturated heterocycles. The Labute approximate surface area is 125 Å². The molecule has 1 heterocycles. The summed E-state index contributed by atoms with van der Waals surface area (Å²) < 4.78 is 40.2. The van der Waals surface area contributed by atoms with Gasteiger partial charge >= 0.3 is 0 Å². The first-order chi connectivity index (χ1) is 10.0. The summed E-state index contributed by atoms with van der Waals surface area (Å²) in [5.41, 5.74) is 0. The lowest BCUT2D eigenvalue weighted by molar-refractivity contribution is 0.242. The molecule has 1 aliphatic carbocycles. The molecule has 1 saturated carbocycles. The van der Waals surface area contributed by atoms with Crippen LogP contribution in [0.25, 0.3) is 0 Å². The summed E-state index contributed by atoms with van der Waals surface area (Å²) in [6.45, 7) is 1.74. The number of likely N-dealkylation sites (tertiary alicyclic amines) is 1. The van der Waals surface area contributed by atoms with Crippen LogP contribution in [0.4, 0.5) is 4.39 Å². The molecule has 0 amide bonds. The van der Waals surface area contributed by atoms with Crippen LogP contribution in [0.1, 0.15) is 32.1 Å². The molecule has 1 aromatic rings. The Bertz CT molecular complexity index is 582. The molecule has 1 atom stereocenters. The Morgan fingerprint density at radius 1 is 1.10 bits per heavy atom. The van der Waals surface area contributed by atoms with E-state index in [9.17, 15) is 12.8 Å². The second kappa shape index (κ2) is 6.02. The van der Waals surface area contributed by atoms with Gasteiger partial charge in [-0.1, -0.05) is 12.8 Å². The zero-order chi connectivity index (χ0) is 14.9. The number of rotatable bonds is 4. The van der Waals surface area contributed by atoms with Crippen molar-refractivity contribution in [2.45, 2.75) is 49.1 Å². The van der Waals surface area contributed by atoms with E-state index in [2.05, 4.69) is 9.62 Å². The Morgan fingerprint density at radius 3 is 2.43 bits per heavy atom. The lowest BCUT2D eigenvalue weighted by Gasteiger charge is -2.23. The molecule has 4 nitrogen and oxygen atoms in total. The minimum atomic E-state index is -3.55. The minimum absolute atomic E-state index is 0.0411. The molecule has 1 N–H and O–H groups in total. The van der Waals surface area contributed by atoms with Gasteiger partial charge < -0.3 is 0 Å². The van der Waals surface area contributed by atoms with Gasteiger partial charge in [0.25, 0.3) is 0 Å². The Balaban J connectivity index is 1.62. The van der Waals surface area contributed by atoms with E-state index in [1.165, 1.54) is 49.9 Å². The van der Waals surface area contributed by atoms with Crippen LogP contribution < -0.4 is 4.72 Å². The third-order valence-electron chi connectivity index (χ3n) is 4.51. The van der Waals surface area contributed by atoms with Gasteiger partial charge in [-0.05, 0) is 43.5 Å². The molecule has 0 radical (unpaired) electrons. The first-order valence-electron chi connectivity index (χ1n) is 7.56. The molecule has 0 aromatic heterocycles. The van der Waals surface area contributed by atoms with Crippen molar-refractivity contribution in [1.29, 1.82) is 0 Å². The Hall–Kier alpha value is -0.980. The van der Waals surface area contributed by atoms with Crippen LogP contribution >= 0.6 is 0 Å². The van der Waals surface area contributed by atoms with Gasteiger partial charge in [-0.15, -0.1) is 0 Å². The van der Waals surface area contributed by atoms with Gasteiger partial charge in [-0.25, -0.2) is 17.5 Å². The standard InChI is InChI=1S/C15H21FN2O2S/c16-12-5-7-15(8-6-12)21(19,20)17-13-9-10-18(11-13)14-3-1-2-4-14/h5-8,13-14,17H,1-4,9-11H2/t13-/m0/s1. The highest BCUT2D eigenvalue weighted by molar-refractivity contribution is 7.89. The van der Waals surface area contributed by atoms with E-state index in [-0.39, 0.29) is 10.9 Å². The number of sulfonamides is 1. The van der Waals surface area contributed by atoms with Gasteiger partial charge in [0.05, 0.1) is 4.90 Å². The number of halogens is 1. The molecule has 2 fully saturated rings. The lowest BCUT2D eigenvalue weighted by Crippen LogP contribution is -2.39. The highest BCUT2D eigenvalue weighted by Gasteiger charge is 2.32. The number of nitrogens with one attached hydrogen (secondary N) is 1. The summed E-state index contributed by atoms with van der Waals surface area (Å²) >= 11 is 0. The Morgan fingerprint density at radius 2 is 1.76 bits per heavy atom. The molecule has 116 valence electrons. The third kappa shape index (κ3) is 3.44. The normalized spacial score (nSPS) is 24.7. The molecular weight excluding hydrogens is 291 g/mol. The lowest BCUT2D eigenvalue weighted by atomic mass is 10.2. The van der Waals surface area contributed by atoms with Crippen LogP contribution in [0.2, 0.25) is 0 Å². The molecule has 0 bridgehead atoms. The average Bonchev–Trinajstić information content (AvgIpc) is 3.09. The first kappa shape index (κ1) is 14.9. The molecule has 1 aromatic carbocycles. The van der Waals surface area contributed by atoms with Crippen molar-refractivity contribution in [1.82, 2.24) is 9.62 Å². The predicted molar refractivity (Wildman–Crippen MR) is 79.0 cm³/mol. The number of hydrogen-bond donors (Lipinski definition) is 1. The first-order valence-corrected chi connectivity index (χ1v) is 9.05. The van der Waals surface area contributed by atoms with Crippen molar-refractivity contribution < 1.29 is 12.8 Å². The zero-order valence-electron chi connectivity index (χ0n) is 12.0. The van der Waals surface area contributed by atoms with Crippen LogP contribution in [-0.2, 0) is 10.0 Å². The second-order valence-corrected chi connectivity index (χ2v) is 7.71. The van der Waals surface area contributed by atoms with Crippen molar-refractivity contribution in [2.75, 3.05) is 13.1 Å². The molecule has 21 heavy (non-hydrogen) atoms. The summed E-state index contributed by atoms with van der Waals surface area (Å²) in [4.78, 5) is 2.54. The maximum absolute atomic E-state index is 12.9. The summed E-state index contributed by atoms with van der Waals surface area (Å²) in [6.07, 6.45) is 5.88.